The van der Waals surface area contributed by atoms with Crippen LogP contribution in [0.4, 0.5) is 5.69 Å². The SMILES string of the molecule is O=C1CCCN1CCC1CN(Cc2ccon2)c2ccccc21. The molecule has 0 aliphatic carbocycles. The second kappa shape index (κ2) is 6.07. The van der Waals surface area contributed by atoms with E-state index in [0.29, 0.717) is 11.8 Å². The highest BCUT2D eigenvalue weighted by molar-refractivity contribution is 5.78. The summed E-state index contributed by atoms with van der Waals surface area (Å²) in [6, 6.07) is 10.5. The quantitative estimate of drug-likeness (QED) is 0.852. The molecule has 4 rings (SSSR count). The number of hydrogen-bond acceptors (Lipinski definition) is 4. The predicted molar refractivity (Wildman–Crippen MR) is 87.2 cm³/mol. The maximum Gasteiger partial charge on any atom is 0.222 e. The zero-order valence-electron chi connectivity index (χ0n) is 13.1. The van der Waals surface area contributed by atoms with Crippen molar-refractivity contribution in [3.8, 4) is 0 Å². The van der Waals surface area contributed by atoms with Gasteiger partial charge in [0.1, 0.15) is 12.0 Å². The summed E-state index contributed by atoms with van der Waals surface area (Å²) in [6.45, 7) is 3.55. The number of carbonyl (C=O) groups is 1. The Hall–Kier alpha value is -2.30. The topological polar surface area (TPSA) is 49.6 Å². The highest BCUT2D eigenvalue weighted by Crippen LogP contribution is 2.38. The number of anilines is 1. The molecule has 1 atom stereocenters. The zero-order chi connectivity index (χ0) is 15.6. The molecule has 0 radical (unpaired) electrons. The van der Waals surface area contributed by atoms with Gasteiger partial charge in [-0.1, -0.05) is 23.4 Å². The Bertz CT molecular complexity index is 683. The minimum Gasteiger partial charge on any atom is -0.365 e. The molecular formula is C18H21N3O2. The third-order valence-electron chi connectivity index (χ3n) is 4.92. The number of nitrogens with zero attached hydrogens (tertiary/aromatic N) is 3. The summed E-state index contributed by atoms with van der Waals surface area (Å²) in [5, 5.41) is 4.03. The van der Waals surface area contributed by atoms with Gasteiger partial charge in [0.15, 0.2) is 0 Å². The van der Waals surface area contributed by atoms with E-state index in [0.717, 1.165) is 51.1 Å². The normalized spacial score (nSPS) is 20.3. The summed E-state index contributed by atoms with van der Waals surface area (Å²) in [7, 11) is 0. The standard InChI is InChI=1S/C18H21N3O2/c22-18-6-3-9-20(18)10-7-14-12-21(13-15-8-11-23-19-15)17-5-2-1-4-16(14)17/h1-2,4-5,8,11,14H,3,6-7,9-10,12-13H2. The van der Waals surface area contributed by atoms with Gasteiger partial charge in [-0.25, -0.2) is 0 Å². The molecule has 2 aliphatic heterocycles. The fourth-order valence-electron chi connectivity index (χ4n) is 3.75. The number of hydrogen-bond donors (Lipinski definition) is 0. The first-order valence-electron chi connectivity index (χ1n) is 8.32. The van der Waals surface area contributed by atoms with Crippen molar-refractivity contribution < 1.29 is 9.32 Å². The van der Waals surface area contributed by atoms with Gasteiger partial charge in [0.2, 0.25) is 5.91 Å². The molecule has 0 spiro atoms. The van der Waals surface area contributed by atoms with Crippen LogP contribution in [-0.2, 0) is 11.3 Å². The van der Waals surface area contributed by atoms with Crippen LogP contribution in [-0.4, -0.2) is 35.6 Å². The molecule has 1 fully saturated rings. The molecule has 1 aromatic carbocycles. The molecule has 0 saturated carbocycles. The highest BCUT2D eigenvalue weighted by Gasteiger charge is 2.30. The van der Waals surface area contributed by atoms with Crippen LogP contribution in [0.1, 0.15) is 36.4 Å². The van der Waals surface area contributed by atoms with Crippen LogP contribution >= 0.6 is 0 Å². The Morgan fingerprint density at radius 3 is 2.91 bits per heavy atom. The lowest BCUT2D eigenvalue weighted by molar-refractivity contribution is -0.127. The number of benzene rings is 1. The molecule has 1 saturated heterocycles. The smallest absolute Gasteiger partial charge is 0.222 e. The van der Waals surface area contributed by atoms with Gasteiger partial charge in [0.25, 0.3) is 0 Å². The molecule has 1 amide bonds. The van der Waals surface area contributed by atoms with Crippen molar-refractivity contribution in [2.75, 3.05) is 24.5 Å². The number of aromatic nitrogens is 1. The number of carbonyl (C=O) groups excluding carboxylic acids is 1. The van der Waals surface area contributed by atoms with Crippen molar-refractivity contribution in [3.63, 3.8) is 0 Å². The Balaban J connectivity index is 1.47. The van der Waals surface area contributed by atoms with Gasteiger partial charge in [-0.3, -0.25) is 4.79 Å². The van der Waals surface area contributed by atoms with E-state index in [-0.39, 0.29) is 0 Å². The van der Waals surface area contributed by atoms with Gasteiger partial charge in [-0.05, 0) is 24.5 Å². The maximum absolute atomic E-state index is 11.8. The minimum atomic E-state index is 0.315. The lowest BCUT2D eigenvalue weighted by Gasteiger charge is -2.20. The summed E-state index contributed by atoms with van der Waals surface area (Å²) < 4.78 is 4.95. The number of para-hydroxylation sites is 1. The first kappa shape index (κ1) is 14.3. The van der Waals surface area contributed by atoms with Gasteiger partial charge in [0.05, 0.1) is 6.54 Å². The summed E-state index contributed by atoms with van der Waals surface area (Å²) in [6.07, 6.45) is 4.38. The van der Waals surface area contributed by atoms with Gasteiger partial charge in [-0.15, -0.1) is 0 Å². The molecule has 1 aromatic heterocycles. The Kier molecular flexibility index (Phi) is 3.77. The molecule has 0 bridgehead atoms. The van der Waals surface area contributed by atoms with Crippen LogP contribution in [0.5, 0.6) is 0 Å². The summed E-state index contributed by atoms with van der Waals surface area (Å²) in [4.78, 5) is 16.2. The van der Waals surface area contributed by atoms with Gasteiger partial charge >= 0.3 is 0 Å². The van der Waals surface area contributed by atoms with Crippen molar-refractivity contribution in [2.45, 2.75) is 31.7 Å². The van der Waals surface area contributed by atoms with Crippen molar-refractivity contribution in [3.05, 3.63) is 47.9 Å². The van der Waals surface area contributed by atoms with E-state index in [9.17, 15) is 4.79 Å². The molecule has 2 aromatic rings. The number of amides is 1. The molecule has 0 N–H and O–H groups in total. The highest BCUT2D eigenvalue weighted by atomic mass is 16.5. The zero-order valence-corrected chi connectivity index (χ0v) is 13.1. The molecular weight excluding hydrogens is 290 g/mol. The largest absolute Gasteiger partial charge is 0.365 e. The van der Waals surface area contributed by atoms with E-state index in [1.54, 1.807) is 6.26 Å². The molecule has 5 nitrogen and oxygen atoms in total. The van der Waals surface area contributed by atoms with Crippen LogP contribution in [0.3, 0.4) is 0 Å². The van der Waals surface area contributed by atoms with Gasteiger partial charge in [-0.2, -0.15) is 0 Å². The van der Waals surface area contributed by atoms with E-state index >= 15 is 0 Å². The fraction of sp³-hybridized carbons (Fsp3) is 0.444. The first-order chi connectivity index (χ1) is 11.3. The Morgan fingerprint density at radius 2 is 2.13 bits per heavy atom. The van der Waals surface area contributed by atoms with Crippen molar-refractivity contribution in [1.29, 1.82) is 0 Å². The van der Waals surface area contributed by atoms with Crippen LogP contribution < -0.4 is 4.90 Å². The second-order valence-electron chi connectivity index (χ2n) is 6.40. The van der Waals surface area contributed by atoms with Crippen molar-refractivity contribution in [1.82, 2.24) is 10.1 Å². The van der Waals surface area contributed by atoms with E-state index in [1.807, 2.05) is 11.0 Å². The fourth-order valence-corrected chi connectivity index (χ4v) is 3.75. The van der Waals surface area contributed by atoms with Crippen molar-refractivity contribution in [2.24, 2.45) is 0 Å². The predicted octanol–water partition coefficient (Wildman–Crippen LogP) is 2.79. The maximum atomic E-state index is 11.8. The molecule has 1 unspecified atom stereocenters. The Labute approximate surface area is 135 Å². The minimum absolute atomic E-state index is 0.315. The van der Waals surface area contributed by atoms with Crippen molar-refractivity contribution >= 4 is 11.6 Å². The van der Waals surface area contributed by atoms with E-state index in [4.69, 9.17) is 4.52 Å². The van der Waals surface area contributed by atoms with E-state index in [1.165, 1.54) is 11.3 Å². The molecule has 2 aliphatic rings. The van der Waals surface area contributed by atoms with Gasteiger partial charge < -0.3 is 14.3 Å². The van der Waals surface area contributed by atoms with E-state index < -0.39 is 0 Å². The number of rotatable bonds is 5. The van der Waals surface area contributed by atoms with Gasteiger partial charge in [0, 0.05) is 43.7 Å². The van der Waals surface area contributed by atoms with E-state index in [2.05, 4.69) is 34.3 Å². The average Bonchev–Trinajstić information content (AvgIpc) is 3.28. The van der Waals surface area contributed by atoms with Crippen LogP contribution in [0, 0.1) is 0 Å². The third kappa shape index (κ3) is 2.83. The average molecular weight is 311 g/mol. The summed E-state index contributed by atoms with van der Waals surface area (Å²) in [5.74, 6) is 0.794. The van der Waals surface area contributed by atoms with Crippen LogP contribution in [0.2, 0.25) is 0 Å². The lowest BCUT2D eigenvalue weighted by Crippen LogP contribution is -2.28. The molecule has 120 valence electrons. The van der Waals surface area contributed by atoms with Crippen LogP contribution in [0.15, 0.2) is 41.1 Å². The second-order valence-corrected chi connectivity index (χ2v) is 6.40. The lowest BCUT2D eigenvalue weighted by atomic mass is 9.98. The molecule has 5 heteroatoms. The van der Waals surface area contributed by atoms with Crippen LogP contribution in [0.25, 0.3) is 0 Å². The molecule has 3 heterocycles. The monoisotopic (exact) mass is 311 g/mol. The third-order valence-corrected chi connectivity index (χ3v) is 4.92. The Morgan fingerprint density at radius 1 is 1.22 bits per heavy atom. The first-order valence-corrected chi connectivity index (χ1v) is 8.32. The number of fused-ring (bicyclic) bond motifs is 1. The number of likely N-dealkylation sites (tertiary alicyclic amines) is 1. The molecule has 23 heavy (non-hydrogen) atoms. The summed E-state index contributed by atoms with van der Waals surface area (Å²) in [5.41, 5.74) is 3.63. The summed E-state index contributed by atoms with van der Waals surface area (Å²) >= 11 is 0.